The third-order valence-electron chi connectivity index (χ3n) is 5.72. The predicted molar refractivity (Wildman–Crippen MR) is 142 cm³/mol. The highest BCUT2D eigenvalue weighted by atomic mass is 16.3. The van der Waals surface area contributed by atoms with E-state index < -0.39 is 0 Å². The maximum Gasteiger partial charge on any atom is 0.271 e. The van der Waals surface area contributed by atoms with E-state index in [4.69, 9.17) is 0 Å². The van der Waals surface area contributed by atoms with Crippen LogP contribution in [0.25, 0.3) is 33.4 Å². The molecule has 0 amide bonds. The van der Waals surface area contributed by atoms with Crippen molar-refractivity contribution in [3.63, 3.8) is 0 Å². The highest BCUT2D eigenvalue weighted by Crippen LogP contribution is 2.28. The highest BCUT2D eigenvalue weighted by molar-refractivity contribution is 5.82. The Morgan fingerprint density at radius 1 is 0.757 bits per heavy atom. The van der Waals surface area contributed by atoms with Crippen LogP contribution in [0.3, 0.4) is 0 Å². The zero-order valence-electron chi connectivity index (χ0n) is 19.2. The maximum absolute atomic E-state index is 11.8. The van der Waals surface area contributed by atoms with Crippen LogP contribution >= 0.6 is 0 Å². The number of nitrogens with zero attached hydrogens (tertiary/aromatic N) is 4. The molecule has 11 heteroatoms. The van der Waals surface area contributed by atoms with Gasteiger partial charge in [-0.25, -0.2) is 4.98 Å². The first-order chi connectivity index (χ1) is 18.1. The molecule has 3 aromatic heterocycles. The number of nitrogens with one attached hydrogen (secondary N) is 5. The second kappa shape index (κ2) is 9.23. The number of nitroso groups, excluding NO2 is 1. The van der Waals surface area contributed by atoms with Gasteiger partial charge in [0.15, 0.2) is 5.82 Å². The molecule has 6 rings (SSSR count). The number of aromatic amines is 3. The fourth-order valence-electron chi connectivity index (χ4n) is 3.96. The zero-order valence-corrected chi connectivity index (χ0v) is 19.2. The van der Waals surface area contributed by atoms with Crippen molar-refractivity contribution in [1.29, 1.82) is 0 Å². The summed E-state index contributed by atoms with van der Waals surface area (Å²) in [6, 6.07) is 25.6. The number of benzene rings is 3. The van der Waals surface area contributed by atoms with Crippen molar-refractivity contribution < 1.29 is 0 Å². The molecule has 6 aromatic rings. The van der Waals surface area contributed by atoms with Gasteiger partial charge in [0.25, 0.3) is 5.56 Å². The molecule has 0 saturated heterocycles. The van der Waals surface area contributed by atoms with Gasteiger partial charge in [-0.1, -0.05) is 42.5 Å². The van der Waals surface area contributed by atoms with Crippen LogP contribution < -0.4 is 16.2 Å². The molecule has 3 aromatic carbocycles. The van der Waals surface area contributed by atoms with Crippen LogP contribution in [0, 0.1) is 4.91 Å². The number of anilines is 4. The van der Waals surface area contributed by atoms with Gasteiger partial charge < -0.3 is 10.6 Å². The zero-order chi connectivity index (χ0) is 25.2. The number of fused-ring (bicyclic) bond motifs is 1. The third kappa shape index (κ3) is 4.56. The first-order valence-electron chi connectivity index (χ1n) is 11.3. The summed E-state index contributed by atoms with van der Waals surface area (Å²) in [5.41, 5.74) is 4.56. The molecule has 0 spiro atoms. The molecule has 0 aliphatic rings. The molecular formula is C26H19N9O2. The first-order valence-corrected chi connectivity index (χ1v) is 11.3. The summed E-state index contributed by atoms with van der Waals surface area (Å²) >= 11 is 0. The van der Waals surface area contributed by atoms with Gasteiger partial charge in [-0.3, -0.25) is 20.1 Å². The van der Waals surface area contributed by atoms with Crippen LogP contribution in [0.1, 0.15) is 0 Å². The van der Waals surface area contributed by atoms with E-state index in [0.717, 1.165) is 11.3 Å². The van der Waals surface area contributed by atoms with Gasteiger partial charge in [0.2, 0.25) is 5.95 Å². The lowest BCUT2D eigenvalue weighted by atomic mass is 10.1. The number of aromatic nitrogens is 6. The number of hydrogen-bond donors (Lipinski definition) is 5. The van der Waals surface area contributed by atoms with Crippen molar-refractivity contribution in [3.05, 3.63) is 100 Å². The molecule has 0 fully saturated rings. The Morgan fingerprint density at radius 3 is 2.49 bits per heavy atom. The van der Waals surface area contributed by atoms with Crippen molar-refractivity contribution in [2.75, 3.05) is 10.6 Å². The molecule has 0 unspecified atom stereocenters. The highest BCUT2D eigenvalue weighted by Gasteiger charge is 2.11. The summed E-state index contributed by atoms with van der Waals surface area (Å²) in [4.78, 5) is 32.2. The molecule has 0 radical (unpaired) electrons. The maximum atomic E-state index is 11.8. The van der Waals surface area contributed by atoms with E-state index in [0.29, 0.717) is 51.1 Å². The summed E-state index contributed by atoms with van der Waals surface area (Å²) in [6.45, 7) is 0. The van der Waals surface area contributed by atoms with Crippen molar-refractivity contribution in [2.24, 2.45) is 5.18 Å². The molecule has 180 valence electrons. The van der Waals surface area contributed by atoms with Gasteiger partial charge in [-0.2, -0.15) is 10.1 Å². The monoisotopic (exact) mass is 489 g/mol. The number of hydrogen-bond acceptors (Lipinski definition) is 8. The predicted octanol–water partition coefficient (Wildman–Crippen LogP) is 5.59. The van der Waals surface area contributed by atoms with Crippen molar-refractivity contribution >= 4 is 39.9 Å². The largest absolute Gasteiger partial charge is 0.324 e. The minimum Gasteiger partial charge on any atom is -0.324 e. The Hall–Kier alpha value is -5.58. The molecule has 0 atom stereocenters. The number of H-pyrrole nitrogens is 3. The molecule has 0 bridgehead atoms. The molecule has 0 aliphatic heterocycles. The lowest BCUT2D eigenvalue weighted by Crippen LogP contribution is -2.03. The van der Waals surface area contributed by atoms with Crippen LogP contribution in [-0.4, -0.2) is 30.4 Å². The fourth-order valence-corrected chi connectivity index (χ4v) is 3.96. The Balaban J connectivity index is 1.36. The lowest BCUT2D eigenvalue weighted by Gasteiger charge is -2.11. The lowest BCUT2D eigenvalue weighted by molar-refractivity contribution is 1.08. The van der Waals surface area contributed by atoms with E-state index in [-0.39, 0.29) is 5.56 Å². The molecule has 0 saturated carbocycles. The average Bonchev–Trinajstić information content (AvgIpc) is 3.55. The number of rotatable bonds is 7. The molecule has 3 heterocycles. The molecule has 5 N–H and O–H groups in total. The van der Waals surface area contributed by atoms with Crippen molar-refractivity contribution in [1.82, 2.24) is 30.4 Å². The molecular weight excluding hydrogens is 470 g/mol. The minimum atomic E-state index is -0.191. The summed E-state index contributed by atoms with van der Waals surface area (Å²) in [6.07, 6.45) is 0. The standard InChI is InChI=1S/C26H19N9O2/c36-25-19-10-9-17(12-22(19)32-34-25)27-26-28-20(16-7-4-8-18(11-16)35-37)13-23(30-26)29-24-14-21(31-33-24)15-5-2-1-3-6-15/h1-14H,(H2,32,34,36)(H3,27,28,29,30,31,33). The van der Waals surface area contributed by atoms with E-state index in [1.165, 1.54) is 0 Å². The van der Waals surface area contributed by atoms with Crippen molar-refractivity contribution in [3.8, 4) is 22.5 Å². The van der Waals surface area contributed by atoms with Gasteiger partial charge in [-0.05, 0) is 41.1 Å². The van der Waals surface area contributed by atoms with Crippen LogP contribution in [0.2, 0.25) is 0 Å². The average molecular weight is 489 g/mol. The summed E-state index contributed by atoms with van der Waals surface area (Å²) in [7, 11) is 0. The molecule has 11 nitrogen and oxygen atoms in total. The van der Waals surface area contributed by atoms with Gasteiger partial charge in [0, 0.05) is 23.4 Å². The SMILES string of the molecule is O=Nc1cccc(-c2cc(Nc3cc(-c4ccccc4)[nH]n3)nc(Nc3ccc4c(=O)[nH][nH]c4c3)n2)c1. The van der Waals surface area contributed by atoms with Gasteiger partial charge in [0.1, 0.15) is 11.5 Å². The van der Waals surface area contributed by atoms with Crippen molar-refractivity contribution in [2.45, 2.75) is 0 Å². The summed E-state index contributed by atoms with van der Waals surface area (Å²) < 4.78 is 0. The Bertz CT molecular complexity index is 1790. The summed E-state index contributed by atoms with van der Waals surface area (Å²) in [5, 5.41) is 22.8. The Morgan fingerprint density at radius 2 is 1.62 bits per heavy atom. The summed E-state index contributed by atoms with van der Waals surface area (Å²) in [5.74, 6) is 1.36. The second-order valence-electron chi connectivity index (χ2n) is 8.23. The van der Waals surface area contributed by atoms with E-state index >= 15 is 0 Å². The Labute approximate surface area is 209 Å². The molecule has 0 aliphatic carbocycles. The van der Waals surface area contributed by atoms with E-state index in [1.54, 1.807) is 42.5 Å². The normalized spacial score (nSPS) is 10.9. The van der Waals surface area contributed by atoms with Crippen LogP contribution in [-0.2, 0) is 0 Å². The smallest absolute Gasteiger partial charge is 0.271 e. The molecule has 37 heavy (non-hydrogen) atoms. The second-order valence-corrected chi connectivity index (χ2v) is 8.23. The van der Waals surface area contributed by atoms with Crippen LogP contribution in [0.15, 0.2) is 94.9 Å². The van der Waals surface area contributed by atoms with Gasteiger partial charge in [0.05, 0.1) is 22.3 Å². The van der Waals surface area contributed by atoms with Gasteiger partial charge >= 0.3 is 0 Å². The van der Waals surface area contributed by atoms with E-state index in [2.05, 4.69) is 46.2 Å². The fraction of sp³-hybridized carbons (Fsp3) is 0. The topological polar surface area (TPSA) is 157 Å². The third-order valence-corrected chi connectivity index (χ3v) is 5.72. The first kappa shape index (κ1) is 21.9. The van der Waals surface area contributed by atoms with Crippen LogP contribution in [0.5, 0.6) is 0 Å². The van der Waals surface area contributed by atoms with Gasteiger partial charge in [-0.15, -0.1) is 4.91 Å². The Kier molecular flexibility index (Phi) is 5.47. The minimum absolute atomic E-state index is 0.191. The van der Waals surface area contributed by atoms with Crippen LogP contribution in [0.4, 0.5) is 29.0 Å². The van der Waals surface area contributed by atoms with E-state index in [1.807, 2.05) is 42.5 Å². The quantitative estimate of drug-likeness (QED) is 0.183. The van der Waals surface area contributed by atoms with E-state index in [9.17, 15) is 9.70 Å².